The first-order valence-electron chi connectivity index (χ1n) is 21.0. The summed E-state index contributed by atoms with van der Waals surface area (Å²) in [6.45, 7) is 0. The SMILES string of the molecule is c1cnc(-c2ccc3c(-c4ccc5c(c4)C4(CCCCC4)c4ccccc4-5)c4ccccc4c(-c4ccc5c(c4)C4(CCCCC4)c4ccccc4-5)c3c2)nc1. The van der Waals surface area contributed by atoms with E-state index >= 15 is 0 Å². The van der Waals surface area contributed by atoms with Crippen LogP contribution in [0.5, 0.6) is 0 Å². The van der Waals surface area contributed by atoms with E-state index in [0.717, 1.165) is 11.4 Å². The van der Waals surface area contributed by atoms with Crippen molar-refractivity contribution >= 4 is 21.5 Å². The van der Waals surface area contributed by atoms with E-state index in [-0.39, 0.29) is 10.8 Å². The number of hydrogen-bond donors (Lipinski definition) is 0. The molecule has 2 heteroatoms. The van der Waals surface area contributed by atoms with Crippen LogP contribution in [0.1, 0.15) is 86.5 Å². The Kier molecular flexibility index (Phi) is 7.13. The minimum Gasteiger partial charge on any atom is -0.237 e. The zero-order valence-corrected chi connectivity index (χ0v) is 31.8. The molecule has 12 rings (SSSR count). The largest absolute Gasteiger partial charge is 0.237 e. The van der Waals surface area contributed by atoms with E-state index in [1.54, 1.807) is 5.56 Å². The molecule has 0 aliphatic heterocycles. The second kappa shape index (κ2) is 12.3. The first-order valence-corrected chi connectivity index (χ1v) is 21.0. The van der Waals surface area contributed by atoms with Crippen LogP contribution in [0.25, 0.3) is 77.4 Å². The van der Waals surface area contributed by atoms with E-state index in [1.165, 1.54) is 147 Å². The fourth-order valence-electron chi connectivity index (χ4n) is 12.0. The Hall–Kier alpha value is -5.86. The minimum atomic E-state index is 0.0891. The summed E-state index contributed by atoms with van der Waals surface area (Å²) in [6, 6.07) is 51.4. The molecular weight excluding hydrogens is 677 g/mol. The summed E-state index contributed by atoms with van der Waals surface area (Å²) in [4.78, 5) is 9.45. The van der Waals surface area contributed by atoms with Crippen molar-refractivity contribution in [3.05, 3.63) is 168 Å². The number of hydrogen-bond acceptors (Lipinski definition) is 2. The molecule has 0 unspecified atom stereocenters. The summed E-state index contributed by atoms with van der Waals surface area (Å²) in [5.74, 6) is 0.759. The maximum atomic E-state index is 4.72. The van der Waals surface area contributed by atoms with Crippen molar-refractivity contribution in [3.63, 3.8) is 0 Å². The standard InChI is InChI=1S/C54H44N2/c1-9-26-53(27-10-1)46-18-7-5-14-38(46)40-23-20-35(33-48(40)53)50-42-16-3-4-17-43(42)51(45-32-37(22-25-44(45)50)52-55-30-13-31-56-52)36-21-24-41-39-15-6-8-19-47(39)54(49(41)34-36)28-11-2-12-29-54/h3-8,13-25,30-34H,1-2,9-12,26-29H2. The molecule has 0 atom stereocenters. The zero-order valence-electron chi connectivity index (χ0n) is 31.8. The number of rotatable bonds is 3. The molecule has 270 valence electrons. The Balaban J connectivity index is 1.13. The van der Waals surface area contributed by atoms with Gasteiger partial charge in [-0.15, -0.1) is 0 Å². The summed E-state index contributed by atoms with van der Waals surface area (Å²) in [6.07, 6.45) is 16.4. The molecule has 0 bridgehead atoms. The van der Waals surface area contributed by atoms with Gasteiger partial charge in [-0.3, -0.25) is 0 Å². The third-order valence-electron chi connectivity index (χ3n) is 14.4. The first-order chi connectivity index (χ1) is 27.7. The Morgan fingerprint density at radius 1 is 0.339 bits per heavy atom. The van der Waals surface area contributed by atoms with Gasteiger partial charge in [-0.05, 0) is 138 Å². The van der Waals surface area contributed by atoms with Crippen LogP contribution in [0.15, 0.2) is 146 Å². The summed E-state index contributed by atoms with van der Waals surface area (Å²) >= 11 is 0. The Morgan fingerprint density at radius 2 is 0.786 bits per heavy atom. The van der Waals surface area contributed by atoms with Gasteiger partial charge in [0.15, 0.2) is 5.82 Å². The molecule has 1 aromatic heterocycles. The summed E-state index contributed by atoms with van der Waals surface area (Å²) in [5, 5.41) is 5.14. The molecule has 2 nitrogen and oxygen atoms in total. The third kappa shape index (κ3) is 4.50. The quantitative estimate of drug-likeness (QED) is 0.170. The van der Waals surface area contributed by atoms with E-state index in [4.69, 9.17) is 9.97 Å². The van der Waals surface area contributed by atoms with Crippen molar-refractivity contribution in [1.29, 1.82) is 0 Å². The van der Waals surface area contributed by atoms with Gasteiger partial charge in [-0.2, -0.15) is 0 Å². The van der Waals surface area contributed by atoms with Gasteiger partial charge in [0.1, 0.15) is 0 Å². The smallest absolute Gasteiger partial charge is 0.159 e. The van der Waals surface area contributed by atoms with Crippen molar-refractivity contribution in [3.8, 4) is 55.9 Å². The average Bonchev–Trinajstić information content (AvgIpc) is 3.68. The lowest BCUT2D eigenvalue weighted by Gasteiger charge is -2.36. The van der Waals surface area contributed by atoms with E-state index in [1.807, 2.05) is 18.5 Å². The van der Waals surface area contributed by atoms with Crippen molar-refractivity contribution in [2.45, 2.75) is 75.0 Å². The molecule has 0 amide bonds. The summed E-state index contributed by atoms with van der Waals surface area (Å²) in [7, 11) is 0. The predicted molar refractivity (Wildman–Crippen MR) is 232 cm³/mol. The van der Waals surface area contributed by atoms with Gasteiger partial charge >= 0.3 is 0 Å². The highest BCUT2D eigenvalue weighted by molar-refractivity contribution is 6.22. The van der Waals surface area contributed by atoms with Crippen LogP contribution in [0.4, 0.5) is 0 Å². The molecule has 4 aliphatic rings. The Labute approximate surface area is 329 Å². The molecule has 2 fully saturated rings. The van der Waals surface area contributed by atoms with Crippen molar-refractivity contribution in [2.24, 2.45) is 0 Å². The van der Waals surface area contributed by atoms with Crippen LogP contribution in [-0.4, -0.2) is 9.97 Å². The summed E-state index contributed by atoms with van der Waals surface area (Å²) < 4.78 is 0. The maximum Gasteiger partial charge on any atom is 0.159 e. The molecule has 7 aromatic carbocycles. The number of nitrogens with zero attached hydrogens (tertiary/aromatic N) is 2. The second-order valence-corrected chi connectivity index (χ2v) is 17.0. The van der Waals surface area contributed by atoms with Crippen LogP contribution in [0, 0.1) is 0 Å². The zero-order chi connectivity index (χ0) is 36.8. The highest BCUT2D eigenvalue weighted by Gasteiger charge is 2.45. The van der Waals surface area contributed by atoms with E-state index in [0.29, 0.717) is 0 Å². The van der Waals surface area contributed by atoms with Gasteiger partial charge in [-0.25, -0.2) is 9.97 Å². The molecule has 1 heterocycles. The number of benzene rings is 7. The van der Waals surface area contributed by atoms with Crippen LogP contribution in [0.2, 0.25) is 0 Å². The number of aromatic nitrogens is 2. The first kappa shape index (κ1) is 32.4. The summed E-state index contributed by atoms with van der Waals surface area (Å²) in [5.41, 5.74) is 18.3. The molecule has 56 heavy (non-hydrogen) atoms. The van der Waals surface area contributed by atoms with Crippen molar-refractivity contribution in [1.82, 2.24) is 9.97 Å². The van der Waals surface area contributed by atoms with Crippen molar-refractivity contribution < 1.29 is 0 Å². The normalized spacial score (nSPS) is 17.2. The highest BCUT2D eigenvalue weighted by Crippen LogP contribution is 2.59. The molecule has 4 aliphatic carbocycles. The lowest BCUT2D eigenvalue weighted by atomic mass is 9.67. The second-order valence-electron chi connectivity index (χ2n) is 17.0. The molecule has 0 radical (unpaired) electrons. The lowest BCUT2D eigenvalue weighted by molar-refractivity contribution is 0.353. The third-order valence-corrected chi connectivity index (χ3v) is 14.4. The van der Waals surface area contributed by atoms with Crippen LogP contribution >= 0.6 is 0 Å². The minimum absolute atomic E-state index is 0.0891. The topological polar surface area (TPSA) is 25.8 Å². The molecule has 2 saturated carbocycles. The van der Waals surface area contributed by atoms with Gasteiger partial charge in [0, 0.05) is 28.8 Å². The van der Waals surface area contributed by atoms with E-state index < -0.39 is 0 Å². The Morgan fingerprint density at radius 3 is 1.34 bits per heavy atom. The van der Waals surface area contributed by atoms with Crippen molar-refractivity contribution in [2.75, 3.05) is 0 Å². The number of fused-ring (bicyclic) bond motifs is 12. The highest BCUT2D eigenvalue weighted by atomic mass is 14.8. The van der Waals surface area contributed by atoms with Crippen LogP contribution < -0.4 is 0 Å². The predicted octanol–water partition coefficient (Wildman–Crippen LogP) is 14.2. The van der Waals surface area contributed by atoms with E-state index in [9.17, 15) is 0 Å². The van der Waals surface area contributed by atoms with Gasteiger partial charge in [0.2, 0.25) is 0 Å². The monoisotopic (exact) mass is 720 g/mol. The van der Waals surface area contributed by atoms with Gasteiger partial charge in [0.25, 0.3) is 0 Å². The van der Waals surface area contributed by atoms with Gasteiger partial charge < -0.3 is 0 Å². The molecule has 2 spiro atoms. The van der Waals surface area contributed by atoms with Gasteiger partial charge in [0.05, 0.1) is 0 Å². The molecule has 0 N–H and O–H groups in total. The average molecular weight is 721 g/mol. The van der Waals surface area contributed by atoms with Crippen LogP contribution in [-0.2, 0) is 10.8 Å². The molecular formula is C54H44N2. The van der Waals surface area contributed by atoms with E-state index in [2.05, 4.69) is 127 Å². The van der Waals surface area contributed by atoms with Crippen LogP contribution in [0.3, 0.4) is 0 Å². The fourth-order valence-corrected chi connectivity index (χ4v) is 12.0. The maximum absolute atomic E-state index is 4.72. The molecule has 8 aromatic rings. The lowest BCUT2D eigenvalue weighted by Crippen LogP contribution is -2.28. The fraction of sp³-hybridized carbons (Fsp3) is 0.222. The van der Waals surface area contributed by atoms with Gasteiger partial charge in [-0.1, -0.05) is 148 Å². The molecule has 0 saturated heterocycles. The Bertz CT molecular complexity index is 2870.